The van der Waals surface area contributed by atoms with Crippen molar-refractivity contribution in [2.24, 2.45) is 0 Å². The molecule has 1 aromatic heterocycles. The number of nitrogens with zero attached hydrogens (tertiary/aromatic N) is 3. The molecule has 1 aromatic rings. The lowest BCUT2D eigenvalue weighted by atomic mass is 10.2. The number of anilines is 2. The first kappa shape index (κ1) is 15.2. The van der Waals surface area contributed by atoms with Gasteiger partial charge < -0.3 is 10.2 Å². The van der Waals surface area contributed by atoms with Crippen molar-refractivity contribution in [3.63, 3.8) is 0 Å². The summed E-state index contributed by atoms with van der Waals surface area (Å²) in [5.74, 6) is 1.18. The SMILES string of the molecule is CCCNc1cc([N+](=O)[O-])cc(N(C)C(C)CC)n1. The Bertz CT molecular complexity index is 437. The molecule has 0 aliphatic carbocycles. The van der Waals surface area contributed by atoms with Gasteiger partial charge in [-0.1, -0.05) is 13.8 Å². The van der Waals surface area contributed by atoms with Crippen LogP contribution in [0.3, 0.4) is 0 Å². The van der Waals surface area contributed by atoms with Gasteiger partial charge in [-0.05, 0) is 19.8 Å². The van der Waals surface area contributed by atoms with Crippen LogP contribution in [0, 0.1) is 10.1 Å². The molecule has 0 aliphatic rings. The van der Waals surface area contributed by atoms with E-state index in [0.29, 0.717) is 11.6 Å². The minimum absolute atomic E-state index is 0.0683. The van der Waals surface area contributed by atoms with Crippen molar-refractivity contribution >= 4 is 17.3 Å². The highest BCUT2D eigenvalue weighted by Gasteiger charge is 2.16. The summed E-state index contributed by atoms with van der Waals surface area (Å²) in [7, 11) is 1.91. The normalized spacial score (nSPS) is 12.0. The van der Waals surface area contributed by atoms with E-state index in [1.54, 1.807) is 0 Å². The molecule has 0 aliphatic heterocycles. The first-order valence-corrected chi connectivity index (χ1v) is 6.62. The second-order valence-corrected chi connectivity index (χ2v) is 4.62. The molecule has 0 fully saturated rings. The summed E-state index contributed by atoms with van der Waals surface area (Å²) in [6.07, 6.45) is 1.90. The van der Waals surface area contributed by atoms with Crippen LogP contribution in [-0.2, 0) is 0 Å². The zero-order valence-electron chi connectivity index (χ0n) is 12.0. The zero-order chi connectivity index (χ0) is 14.4. The maximum atomic E-state index is 11.0. The molecule has 1 rings (SSSR count). The van der Waals surface area contributed by atoms with E-state index < -0.39 is 0 Å². The molecule has 0 radical (unpaired) electrons. The second kappa shape index (κ2) is 6.92. The molecule has 6 nitrogen and oxygen atoms in total. The van der Waals surface area contributed by atoms with Gasteiger partial charge in [0.25, 0.3) is 5.69 Å². The van der Waals surface area contributed by atoms with E-state index >= 15 is 0 Å². The molecule has 0 spiro atoms. The summed E-state index contributed by atoms with van der Waals surface area (Å²) in [6, 6.07) is 3.28. The molecular formula is C13H22N4O2. The molecule has 0 aromatic carbocycles. The van der Waals surface area contributed by atoms with E-state index in [2.05, 4.69) is 24.1 Å². The molecule has 19 heavy (non-hydrogen) atoms. The minimum Gasteiger partial charge on any atom is -0.370 e. The molecular weight excluding hydrogens is 244 g/mol. The van der Waals surface area contributed by atoms with Crippen LogP contribution in [0.2, 0.25) is 0 Å². The quantitative estimate of drug-likeness (QED) is 0.606. The molecule has 0 saturated carbocycles. The maximum absolute atomic E-state index is 11.0. The summed E-state index contributed by atoms with van der Waals surface area (Å²) >= 11 is 0. The van der Waals surface area contributed by atoms with Crippen LogP contribution in [0.5, 0.6) is 0 Å². The third kappa shape index (κ3) is 4.08. The van der Waals surface area contributed by atoms with Crippen LogP contribution in [0.4, 0.5) is 17.3 Å². The first-order valence-electron chi connectivity index (χ1n) is 6.62. The largest absolute Gasteiger partial charge is 0.370 e. The third-order valence-corrected chi connectivity index (χ3v) is 3.18. The van der Waals surface area contributed by atoms with E-state index in [1.807, 2.05) is 18.9 Å². The van der Waals surface area contributed by atoms with Crippen molar-refractivity contribution in [1.82, 2.24) is 4.98 Å². The van der Waals surface area contributed by atoms with Crippen molar-refractivity contribution in [3.05, 3.63) is 22.2 Å². The van der Waals surface area contributed by atoms with Crippen LogP contribution in [0.15, 0.2) is 12.1 Å². The molecule has 1 atom stereocenters. The number of pyridine rings is 1. The lowest BCUT2D eigenvalue weighted by molar-refractivity contribution is -0.384. The Labute approximate surface area is 114 Å². The fourth-order valence-corrected chi connectivity index (χ4v) is 1.63. The van der Waals surface area contributed by atoms with Gasteiger partial charge in [0, 0.05) is 19.6 Å². The number of hydrogen-bond donors (Lipinski definition) is 1. The monoisotopic (exact) mass is 266 g/mol. The highest BCUT2D eigenvalue weighted by Crippen LogP contribution is 2.24. The van der Waals surface area contributed by atoms with E-state index in [1.165, 1.54) is 12.1 Å². The van der Waals surface area contributed by atoms with Crippen molar-refractivity contribution in [3.8, 4) is 0 Å². The van der Waals surface area contributed by atoms with Gasteiger partial charge in [-0.3, -0.25) is 10.1 Å². The molecule has 106 valence electrons. The fourth-order valence-electron chi connectivity index (χ4n) is 1.63. The summed E-state index contributed by atoms with van der Waals surface area (Å²) in [5, 5.41) is 14.1. The number of aromatic nitrogens is 1. The number of nitro groups is 1. The van der Waals surface area contributed by atoms with Gasteiger partial charge in [0.05, 0.1) is 17.1 Å². The van der Waals surface area contributed by atoms with Gasteiger partial charge in [0.2, 0.25) is 0 Å². The minimum atomic E-state index is -0.382. The summed E-state index contributed by atoms with van der Waals surface area (Å²) in [6.45, 7) is 6.94. The Hall–Kier alpha value is -1.85. The third-order valence-electron chi connectivity index (χ3n) is 3.18. The fraction of sp³-hybridized carbons (Fsp3) is 0.615. The predicted molar refractivity (Wildman–Crippen MR) is 77.8 cm³/mol. The smallest absolute Gasteiger partial charge is 0.276 e. The Morgan fingerprint density at radius 2 is 2.16 bits per heavy atom. The summed E-state index contributed by atoms with van der Waals surface area (Å²) in [4.78, 5) is 17.0. The van der Waals surface area contributed by atoms with Crippen molar-refractivity contribution in [2.45, 2.75) is 39.7 Å². The number of nitrogens with one attached hydrogen (secondary N) is 1. The first-order chi connectivity index (χ1) is 8.99. The standard InChI is InChI=1S/C13H22N4O2/c1-5-7-14-12-8-11(17(18)19)9-13(15-12)16(4)10(3)6-2/h8-10H,5-7H2,1-4H3,(H,14,15). The average molecular weight is 266 g/mol. The molecule has 1 N–H and O–H groups in total. The predicted octanol–water partition coefficient (Wildman–Crippen LogP) is 3.05. The van der Waals surface area contributed by atoms with Crippen molar-refractivity contribution < 1.29 is 4.92 Å². The average Bonchev–Trinajstić information content (AvgIpc) is 2.42. The highest BCUT2D eigenvalue weighted by atomic mass is 16.6. The van der Waals surface area contributed by atoms with Gasteiger partial charge in [-0.25, -0.2) is 4.98 Å². The molecule has 0 amide bonds. The van der Waals surface area contributed by atoms with Crippen molar-refractivity contribution in [2.75, 3.05) is 23.8 Å². The molecule has 1 heterocycles. The lowest BCUT2D eigenvalue weighted by Crippen LogP contribution is -2.29. The number of rotatable bonds is 7. The van der Waals surface area contributed by atoms with Crippen molar-refractivity contribution in [1.29, 1.82) is 0 Å². The van der Waals surface area contributed by atoms with E-state index in [-0.39, 0.29) is 16.7 Å². The van der Waals surface area contributed by atoms with Crippen LogP contribution >= 0.6 is 0 Å². The molecule has 0 saturated heterocycles. The lowest BCUT2D eigenvalue weighted by Gasteiger charge is -2.25. The Morgan fingerprint density at radius 3 is 2.68 bits per heavy atom. The van der Waals surface area contributed by atoms with Gasteiger partial charge >= 0.3 is 0 Å². The Kier molecular flexibility index (Phi) is 5.54. The topological polar surface area (TPSA) is 71.3 Å². The van der Waals surface area contributed by atoms with Crippen LogP contribution in [-0.4, -0.2) is 29.5 Å². The van der Waals surface area contributed by atoms with Gasteiger partial charge in [-0.2, -0.15) is 0 Å². The molecule has 0 bridgehead atoms. The zero-order valence-corrected chi connectivity index (χ0v) is 12.0. The summed E-state index contributed by atoms with van der Waals surface area (Å²) in [5.41, 5.74) is 0.0683. The van der Waals surface area contributed by atoms with E-state index in [4.69, 9.17) is 0 Å². The van der Waals surface area contributed by atoms with Crippen LogP contribution < -0.4 is 10.2 Å². The van der Waals surface area contributed by atoms with Gasteiger partial charge in [0.15, 0.2) is 0 Å². The second-order valence-electron chi connectivity index (χ2n) is 4.62. The highest BCUT2D eigenvalue weighted by molar-refractivity contribution is 5.56. The summed E-state index contributed by atoms with van der Waals surface area (Å²) < 4.78 is 0. The maximum Gasteiger partial charge on any atom is 0.276 e. The molecule has 6 heteroatoms. The van der Waals surface area contributed by atoms with Gasteiger partial charge in [-0.15, -0.1) is 0 Å². The molecule has 1 unspecified atom stereocenters. The van der Waals surface area contributed by atoms with Gasteiger partial charge in [0.1, 0.15) is 11.6 Å². The Balaban J connectivity index is 3.08. The number of hydrogen-bond acceptors (Lipinski definition) is 5. The van der Waals surface area contributed by atoms with Crippen LogP contribution in [0.25, 0.3) is 0 Å². The van der Waals surface area contributed by atoms with E-state index in [0.717, 1.165) is 19.4 Å². The van der Waals surface area contributed by atoms with E-state index in [9.17, 15) is 10.1 Å². The Morgan fingerprint density at radius 1 is 1.47 bits per heavy atom. The van der Waals surface area contributed by atoms with Crippen LogP contribution in [0.1, 0.15) is 33.6 Å².